The third kappa shape index (κ3) is 4.48. The monoisotopic (exact) mass is 474 g/mol. The Labute approximate surface area is 192 Å². The summed E-state index contributed by atoms with van der Waals surface area (Å²) in [5.74, 6) is 1.45. The number of benzene rings is 2. The van der Waals surface area contributed by atoms with Crippen LogP contribution in [0.1, 0.15) is 5.56 Å². The summed E-state index contributed by atoms with van der Waals surface area (Å²) in [6.07, 6.45) is 0. The van der Waals surface area contributed by atoms with Crippen molar-refractivity contribution in [3.8, 4) is 22.8 Å². The average Bonchev–Trinajstić information content (AvgIpc) is 3.37. The first-order valence-electron chi connectivity index (χ1n) is 9.24. The molecule has 0 fully saturated rings. The molecule has 0 aliphatic carbocycles. The normalized spacial score (nSPS) is 11.0. The SMILES string of the molecule is COc1ccc(OC)c(-c2csc3nnc(SCC(=O)Nc4ccc(C)c(Cl)c4)n23)c1. The minimum absolute atomic E-state index is 0.155. The standard InChI is InChI=1S/C21H19ClN4O3S2/c1-12-4-5-13(8-16(12)22)23-19(27)11-31-21-25-24-20-26(21)17(10-30-20)15-9-14(28-2)6-7-18(15)29-3/h4-10H,11H2,1-3H3,(H,23,27). The minimum Gasteiger partial charge on any atom is -0.497 e. The number of carbonyl (C=O) groups is 1. The minimum atomic E-state index is -0.155. The second-order valence-corrected chi connectivity index (χ2v) is 8.77. The fourth-order valence-corrected chi connectivity index (χ4v) is 4.80. The van der Waals surface area contributed by atoms with E-state index >= 15 is 0 Å². The third-order valence-electron chi connectivity index (χ3n) is 4.59. The lowest BCUT2D eigenvalue weighted by atomic mass is 10.1. The number of methoxy groups -OCH3 is 2. The third-order valence-corrected chi connectivity index (χ3v) is 6.74. The molecule has 0 unspecified atom stereocenters. The summed E-state index contributed by atoms with van der Waals surface area (Å²) in [5, 5.41) is 14.6. The smallest absolute Gasteiger partial charge is 0.234 e. The van der Waals surface area contributed by atoms with Gasteiger partial charge < -0.3 is 14.8 Å². The van der Waals surface area contributed by atoms with Crippen molar-refractivity contribution in [2.24, 2.45) is 0 Å². The van der Waals surface area contributed by atoms with Gasteiger partial charge in [0.2, 0.25) is 10.9 Å². The van der Waals surface area contributed by atoms with Crippen LogP contribution in [0.25, 0.3) is 16.2 Å². The Morgan fingerprint density at radius 2 is 2.03 bits per heavy atom. The summed E-state index contributed by atoms with van der Waals surface area (Å²) < 4.78 is 12.8. The molecule has 1 amide bonds. The van der Waals surface area contributed by atoms with E-state index in [2.05, 4.69) is 15.5 Å². The molecule has 0 aliphatic heterocycles. The number of amides is 1. The molecule has 4 aromatic rings. The predicted octanol–water partition coefficient (Wildman–Crippen LogP) is 5.17. The number of thioether (sulfide) groups is 1. The van der Waals surface area contributed by atoms with Crippen molar-refractivity contribution >= 4 is 51.3 Å². The number of aryl methyl sites for hydroxylation is 1. The molecule has 0 spiro atoms. The number of fused-ring (bicyclic) bond motifs is 1. The molecule has 0 saturated carbocycles. The highest BCUT2D eigenvalue weighted by Crippen LogP contribution is 2.37. The number of halogens is 1. The summed E-state index contributed by atoms with van der Waals surface area (Å²) in [6.45, 7) is 1.91. The van der Waals surface area contributed by atoms with E-state index in [1.807, 2.05) is 47.0 Å². The highest BCUT2D eigenvalue weighted by molar-refractivity contribution is 7.99. The van der Waals surface area contributed by atoms with Gasteiger partial charge in [0.1, 0.15) is 11.5 Å². The molecule has 0 atom stereocenters. The Hall–Kier alpha value is -2.75. The van der Waals surface area contributed by atoms with Crippen LogP contribution in [0.4, 0.5) is 5.69 Å². The van der Waals surface area contributed by atoms with Gasteiger partial charge in [-0.3, -0.25) is 9.20 Å². The molecular formula is C21H19ClN4O3S2. The van der Waals surface area contributed by atoms with Gasteiger partial charge in [0.05, 0.1) is 25.7 Å². The van der Waals surface area contributed by atoms with Crippen LogP contribution in [0.15, 0.2) is 46.9 Å². The van der Waals surface area contributed by atoms with Crippen molar-refractivity contribution < 1.29 is 14.3 Å². The average molecular weight is 475 g/mol. The zero-order valence-corrected chi connectivity index (χ0v) is 19.4. The van der Waals surface area contributed by atoms with Crippen molar-refractivity contribution in [3.63, 3.8) is 0 Å². The molecule has 7 nitrogen and oxygen atoms in total. The number of carbonyl (C=O) groups excluding carboxylic acids is 1. The van der Waals surface area contributed by atoms with E-state index in [4.69, 9.17) is 21.1 Å². The quantitative estimate of drug-likeness (QED) is 0.372. The van der Waals surface area contributed by atoms with Crippen molar-refractivity contribution in [3.05, 3.63) is 52.4 Å². The van der Waals surface area contributed by atoms with Crippen LogP contribution in [0.3, 0.4) is 0 Å². The lowest BCUT2D eigenvalue weighted by molar-refractivity contribution is -0.113. The molecule has 4 rings (SSSR count). The molecule has 10 heteroatoms. The molecule has 160 valence electrons. The van der Waals surface area contributed by atoms with Gasteiger partial charge in [0, 0.05) is 21.7 Å². The van der Waals surface area contributed by atoms with Gasteiger partial charge in [-0.15, -0.1) is 21.5 Å². The van der Waals surface area contributed by atoms with Crippen LogP contribution < -0.4 is 14.8 Å². The molecule has 0 aliphatic rings. The summed E-state index contributed by atoms with van der Waals surface area (Å²) >= 11 is 8.91. The topological polar surface area (TPSA) is 77.8 Å². The number of hydrogen-bond donors (Lipinski definition) is 1. The number of nitrogens with zero attached hydrogens (tertiary/aromatic N) is 3. The largest absolute Gasteiger partial charge is 0.497 e. The molecule has 0 bridgehead atoms. The highest BCUT2D eigenvalue weighted by atomic mass is 35.5. The van der Waals surface area contributed by atoms with Crippen LogP contribution >= 0.6 is 34.7 Å². The number of ether oxygens (including phenoxy) is 2. The van der Waals surface area contributed by atoms with Gasteiger partial charge in [-0.2, -0.15) is 0 Å². The van der Waals surface area contributed by atoms with Gasteiger partial charge in [-0.1, -0.05) is 29.4 Å². The van der Waals surface area contributed by atoms with Crippen LogP contribution in [0.2, 0.25) is 5.02 Å². The molecule has 0 radical (unpaired) electrons. The van der Waals surface area contributed by atoms with Crippen molar-refractivity contribution in [2.75, 3.05) is 25.3 Å². The van der Waals surface area contributed by atoms with Crippen LogP contribution in [-0.2, 0) is 4.79 Å². The Bertz CT molecular complexity index is 1250. The van der Waals surface area contributed by atoms with E-state index < -0.39 is 0 Å². The van der Waals surface area contributed by atoms with E-state index in [9.17, 15) is 4.79 Å². The molecule has 2 aromatic carbocycles. The molecule has 2 aromatic heterocycles. The van der Waals surface area contributed by atoms with Gasteiger partial charge in [-0.25, -0.2) is 0 Å². The van der Waals surface area contributed by atoms with Gasteiger partial charge in [-0.05, 0) is 42.8 Å². The number of anilines is 1. The van der Waals surface area contributed by atoms with Gasteiger partial charge in [0.15, 0.2) is 5.16 Å². The Balaban J connectivity index is 1.57. The number of rotatable bonds is 7. The zero-order valence-electron chi connectivity index (χ0n) is 17.0. The van der Waals surface area contributed by atoms with E-state index in [1.54, 1.807) is 20.3 Å². The maximum absolute atomic E-state index is 12.5. The lowest BCUT2D eigenvalue weighted by Gasteiger charge is -2.10. The fourth-order valence-electron chi connectivity index (χ4n) is 2.99. The molecular weight excluding hydrogens is 456 g/mol. The van der Waals surface area contributed by atoms with Crippen LogP contribution in [0, 0.1) is 6.92 Å². The van der Waals surface area contributed by atoms with E-state index in [1.165, 1.54) is 23.1 Å². The molecule has 2 heterocycles. The summed E-state index contributed by atoms with van der Waals surface area (Å²) in [5.41, 5.74) is 3.34. The molecule has 0 saturated heterocycles. The first-order valence-corrected chi connectivity index (χ1v) is 11.5. The van der Waals surface area contributed by atoms with Crippen molar-refractivity contribution in [1.29, 1.82) is 0 Å². The maximum Gasteiger partial charge on any atom is 0.234 e. The first kappa shape index (κ1) is 21.5. The van der Waals surface area contributed by atoms with E-state index in [0.717, 1.165) is 21.8 Å². The Kier molecular flexibility index (Phi) is 6.35. The predicted molar refractivity (Wildman–Crippen MR) is 125 cm³/mol. The summed E-state index contributed by atoms with van der Waals surface area (Å²) in [7, 11) is 3.24. The zero-order chi connectivity index (χ0) is 22.0. The highest BCUT2D eigenvalue weighted by Gasteiger charge is 2.18. The molecule has 31 heavy (non-hydrogen) atoms. The van der Waals surface area contributed by atoms with E-state index in [0.29, 0.717) is 27.4 Å². The number of nitrogens with one attached hydrogen (secondary N) is 1. The first-order chi connectivity index (χ1) is 15.0. The number of aromatic nitrogens is 3. The van der Waals surface area contributed by atoms with Crippen molar-refractivity contribution in [2.45, 2.75) is 12.1 Å². The Morgan fingerprint density at radius 1 is 1.19 bits per heavy atom. The van der Waals surface area contributed by atoms with Gasteiger partial charge >= 0.3 is 0 Å². The number of thiazole rings is 1. The lowest BCUT2D eigenvalue weighted by Crippen LogP contribution is -2.14. The second-order valence-electron chi connectivity index (χ2n) is 6.59. The van der Waals surface area contributed by atoms with Gasteiger partial charge in [0.25, 0.3) is 0 Å². The Morgan fingerprint density at radius 3 is 2.77 bits per heavy atom. The van der Waals surface area contributed by atoms with E-state index in [-0.39, 0.29) is 11.7 Å². The number of hydrogen-bond acceptors (Lipinski definition) is 7. The maximum atomic E-state index is 12.5. The van der Waals surface area contributed by atoms with Crippen LogP contribution in [-0.4, -0.2) is 40.5 Å². The molecule has 1 N–H and O–H groups in total. The summed E-state index contributed by atoms with van der Waals surface area (Å²) in [6, 6.07) is 11.0. The van der Waals surface area contributed by atoms with Crippen molar-refractivity contribution in [1.82, 2.24) is 14.6 Å². The van der Waals surface area contributed by atoms with Crippen LogP contribution in [0.5, 0.6) is 11.5 Å². The summed E-state index contributed by atoms with van der Waals surface area (Å²) in [4.78, 5) is 13.2. The fraction of sp³-hybridized carbons (Fsp3) is 0.190. The second kappa shape index (κ2) is 9.17.